The van der Waals surface area contributed by atoms with Crippen LogP contribution in [0.3, 0.4) is 0 Å². The lowest BCUT2D eigenvalue weighted by molar-refractivity contribution is -0.141. The summed E-state index contributed by atoms with van der Waals surface area (Å²) in [6.45, 7) is 6.72. The summed E-state index contributed by atoms with van der Waals surface area (Å²) >= 11 is 6.22. The van der Waals surface area contributed by atoms with E-state index in [-0.39, 0.29) is 30.6 Å². The van der Waals surface area contributed by atoms with Crippen LogP contribution in [0.15, 0.2) is 48.5 Å². The molecule has 0 aliphatic heterocycles. The number of nitrogens with zero attached hydrogens (tertiary/aromatic N) is 1. The topological polar surface area (TPSA) is 49.4 Å². The highest BCUT2D eigenvalue weighted by atomic mass is 35.5. The predicted molar refractivity (Wildman–Crippen MR) is 119 cm³/mol. The van der Waals surface area contributed by atoms with Crippen molar-refractivity contribution in [1.29, 1.82) is 0 Å². The molecular weight excluding hydrogens is 403 g/mol. The molecule has 1 atom stereocenters. The summed E-state index contributed by atoms with van der Waals surface area (Å²) < 4.78 is 13.3. The van der Waals surface area contributed by atoms with E-state index in [9.17, 15) is 14.0 Å². The van der Waals surface area contributed by atoms with Gasteiger partial charge in [-0.3, -0.25) is 9.59 Å². The zero-order valence-corrected chi connectivity index (χ0v) is 18.6. The minimum absolute atomic E-state index is 0.134. The maximum absolute atomic E-state index is 13.3. The van der Waals surface area contributed by atoms with Crippen molar-refractivity contribution in [2.24, 2.45) is 5.92 Å². The Morgan fingerprint density at radius 1 is 1.10 bits per heavy atom. The zero-order chi connectivity index (χ0) is 22.1. The first-order chi connectivity index (χ1) is 14.3. The molecule has 0 bridgehead atoms. The summed E-state index contributed by atoms with van der Waals surface area (Å²) in [5.41, 5.74) is 1.67. The quantitative estimate of drug-likeness (QED) is 0.574. The van der Waals surface area contributed by atoms with E-state index >= 15 is 0 Å². The molecule has 2 amide bonds. The van der Waals surface area contributed by atoms with Crippen molar-refractivity contribution in [3.63, 3.8) is 0 Å². The fourth-order valence-electron chi connectivity index (χ4n) is 3.21. The van der Waals surface area contributed by atoms with Crippen LogP contribution in [0, 0.1) is 11.7 Å². The molecule has 0 fully saturated rings. The summed E-state index contributed by atoms with van der Waals surface area (Å²) in [4.78, 5) is 27.6. The van der Waals surface area contributed by atoms with Crippen LogP contribution in [0.4, 0.5) is 4.39 Å². The van der Waals surface area contributed by atoms with Crippen LogP contribution in [0.1, 0.15) is 44.7 Å². The van der Waals surface area contributed by atoms with Gasteiger partial charge in [0, 0.05) is 24.5 Å². The maximum atomic E-state index is 13.3. The molecule has 0 aliphatic carbocycles. The molecule has 2 aromatic rings. The number of nitrogens with one attached hydrogen (secondary N) is 1. The standard InChI is InChI=1S/C24H30ClFN2O2/c1-4-22(24(30)27-15-17(2)3)28(16-18-9-12-20(26)13-10-18)23(29)14-11-19-7-5-6-8-21(19)25/h5-10,12-13,17,22H,4,11,14-16H2,1-3H3,(H,27,30)/t22-/m1/s1. The second kappa shape index (κ2) is 11.7. The van der Waals surface area contributed by atoms with Crippen LogP contribution in [0.5, 0.6) is 0 Å². The number of hydrogen-bond acceptors (Lipinski definition) is 2. The van der Waals surface area contributed by atoms with Crippen molar-refractivity contribution in [2.45, 2.75) is 52.6 Å². The Bertz CT molecular complexity index is 839. The highest BCUT2D eigenvalue weighted by Crippen LogP contribution is 2.19. The van der Waals surface area contributed by atoms with Crippen molar-refractivity contribution < 1.29 is 14.0 Å². The summed E-state index contributed by atoms with van der Waals surface area (Å²) in [6, 6.07) is 12.8. The third-order valence-electron chi connectivity index (χ3n) is 4.90. The second-order valence-electron chi connectivity index (χ2n) is 7.80. The average molecular weight is 433 g/mol. The number of carbonyl (C=O) groups excluding carboxylic acids is 2. The van der Waals surface area contributed by atoms with Crippen molar-refractivity contribution in [2.75, 3.05) is 6.54 Å². The highest BCUT2D eigenvalue weighted by Gasteiger charge is 2.28. The van der Waals surface area contributed by atoms with Gasteiger partial charge in [-0.2, -0.15) is 0 Å². The molecule has 0 heterocycles. The predicted octanol–water partition coefficient (Wildman–Crippen LogP) is 4.99. The van der Waals surface area contributed by atoms with Crippen LogP contribution < -0.4 is 5.32 Å². The molecule has 6 heteroatoms. The van der Waals surface area contributed by atoms with Crippen molar-refractivity contribution >= 4 is 23.4 Å². The van der Waals surface area contributed by atoms with E-state index in [4.69, 9.17) is 11.6 Å². The average Bonchev–Trinajstić information content (AvgIpc) is 2.72. The van der Waals surface area contributed by atoms with E-state index in [1.54, 1.807) is 23.1 Å². The number of halogens is 2. The maximum Gasteiger partial charge on any atom is 0.242 e. The van der Waals surface area contributed by atoms with Crippen LogP contribution in [-0.4, -0.2) is 29.3 Å². The first-order valence-corrected chi connectivity index (χ1v) is 10.7. The van der Waals surface area contributed by atoms with E-state index in [0.29, 0.717) is 30.3 Å². The lowest BCUT2D eigenvalue weighted by Gasteiger charge is -2.31. The Labute approximate surface area is 183 Å². The van der Waals surface area contributed by atoms with Crippen LogP contribution in [-0.2, 0) is 22.6 Å². The Hall–Kier alpha value is -2.40. The normalized spacial score (nSPS) is 11.9. The summed E-state index contributed by atoms with van der Waals surface area (Å²) in [6.07, 6.45) is 1.21. The molecule has 0 saturated carbocycles. The van der Waals surface area contributed by atoms with Gasteiger partial charge in [0.25, 0.3) is 0 Å². The number of aryl methyl sites for hydroxylation is 1. The Balaban J connectivity index is 2.19. The molecule has 1 N–H and O–H groups in total. The highest BCUT2D eigenvalue weighted by molar-refractivity contribution is 6.31. The van der Waals surface area contributed by atoms with Crippen molar-refractivity contribution in [1.82, 2.24) is 10.2 Å². The van der Waals surface area contributed by atoms with Crippen molar-refractivity contribution in [3.8, 4) is 0 Å². The van der Waals surface area contributed by atoms with Crippen LogP contribution in [0.25, 0.3) is 0 Å². The van der Waals surface area contributed by atoms with Gasteiger partial charge in [-0.15, -0.1) is 0 Å². The molecule has 2 rings (SSSR count). The SMILES string of the molecule is CC[C@H](C(=O)NCC(C)C)N(Cc1ccc(F)cc1)C(=O)CCc1ccccc1Cl. The molecule has 0 unspecified atom stereocenters. The first-order valence-electron chi connectivity index (χ1n) is 10.4. The third-order valence-corrected chi connectivity index (χ3v) is 5.27. The molecule has 0 aromatic heterocycles. The van der Waals surface area contributed by atoms with Gasteiger partial charge >= 0.3 is 0 Å². The van der Waals surface area contributed by atoms with E-state index in [2.05, 4.69) is 5.32 Å². The molecule has 162 valence electrons. The smallest absolute Gasteiger partial charge is 0.242 e. The summed E-state index contributed by atoms with van der Waals surface area (Å²) in [7, 11) is 0. The minimum Gasteiger partial charge on any atom is -0.354 e. The van der Waals surface area contributed by atoms with Gasteiger partial charge in [0.2, 0.25) is 11.8 Å². The van der Waals surface area contributed by atoms with Gasteiger partial charge in [0.15, 0.2) is 0 Å². The van der Waals surface area contributed by atoms with Crippen LogP contribution >= 0.6 is 11.6 Å². The number of carbonyl (C=O) groups is 2. The summed E-state index contributed by atoms with van der Waals surface area (Å²) in [5, 5.41) is 3.55. The minimum atomic E-state index is -0.590. The molecular formula is C24H30ClFN2O2. The van der Waals surface area contributed by atoms with E-state index in [1.807, 2.05) is 39.0 Å². The van der Waals surface area contributed by atoms with E-state index < -0.39 is 6.04 Å². The lowest BCUT2D eigenvalue weighted by Crippen LogP contribution is -2.49. The van der Waals surface area contributed by atoms with Gasteiger partial charge in [-0.25, -0.2) is 4.39 Å². The van der Waals surface area contributed by atoms with Gasteiger partial charge in [-0.1, -0.05) is 62.7 Å². The van der Waals surface area contributed by atoms with Gasteiger partial charge < -0.3 is 10.2 Å². The molecule has 0 spiro atoms. The first kappa shape index (κ1) is 23.9. The largest absolute Gasteiger partial charge is 0.354 e. The number of amides is 2. The fourth-order valence-corrected chi connectivity index (χ4v) is 3.45. The van der Waals surface area contributed by atoms with Crippen molar-refractivity contribution in [3.05, 3.63) is 70.5 Å². The second-order valence-corrected chi connectivity index (χ2v) is 8.21. The molecule has 0 aliphatic rings. The molecule has 30 heavy (non-hydrogen) atoms. The third kappa shape index (κ3) is 7.13. The summed E-state index contributed by atoms with van der Waals surface area (Å²) in [5.74, 6) is -0.324. The Morgan fingerprint density at radius 3 is 2.37 bits per heavy atom. The Morgan fingerprint density at radius 2 is 1.77 bits per heavy atom. The number of benzene rings is 2. The monoisotopic (exact) mass is 432 g/mol. The Kier molecular flexibility index (Phi) is 9.31. The van der Waals surface area contributed by atoms with Gasteiger partial charge in [-0.05, 0) is 48.1 Å². The van der Waals surface area contributed by atoms with Crippen LogP contribution in [0.2, 0.25) is 5.02 Å². The van der Waals surface area contributed by atoms with E-state index in [0.717, 1.165) is 11.1 Å². The zero-order valence-electron chi connectivity index (χ0n) is 17.8. The molecule has 4 nitrogen and oxygen atoms in total. The van der Waals surface area contributed by atoms with Gasteiger partial charge in [0.1, 0.15) is 11.9 Å². The number of hydrogen-bond donors (Lipinski definition) is 1. The van der Waals surface area contributed by atoms with Gasteiger partial charge in [0.05, 0.1) is 0 Å². The molecule has 0 radical (unpaired) electrons. The molecule has 2 aromatic carbocycles. The fraction of sp³-hybridized carbons (Fsp3) is 0.417. The molecule has 0 saturated heterocycles. The number of rotatable bonds is 10. The van der Waals surface area contributed by atoms with E-state index in [1.165, 1.54) is 12.1 Å². The lowest BCUT2D eigenvalue weighted by atomic mass is 10.1.